The number of nitrogens with two attached hydrogens (primary N) is 1. The summed E-state index contributed by atoms with van der Waals surface area (Å²) in [6.07, 6.45) is 0. The molecule has 0 amide bonds. The predicted octanol–water partition coefficient (Wildman–Crippen LogP) is 2.11. The van der Waals surface area contributed by atoms with E-state index in [1.165, 1.54) is 11.3 Å². The van der Waals surface area contributed by atoms with Crippen molar-refractivity contribution in [2.45, 2.75) is 32.9 Å². The van der Waals surface area contributed by atoms with E-state index in [2.05, 4.69) is 55.8 Å². The Hall–Kier alpha value is -1.22. The Morgan fingerprint density at radius 2 is 1.76 bits per heavy atom. The van der Waals surface area contributed by atoms with Gasteiger partial charge in [0, 0.05) is 25.2 Å². The van der Waals surface area contributed by atoms with Gasteiger partial charge in [0.25, 0.3) is 0 Å². The van der Waals surface area contributed by atoms with Crippen molar-refractivity contribution in [3.05, 3.63) is 23.8 Å². The van der Waals surface area contributed by atoms with Gasteiger partial charge in [0.05, 0.1) is 11.4 Å². The van der Waals surface area contributed by atoms with Crippen molar-refractivity contribution in [1.82, 2.24) is 4.90 Å². The number of aryl methyl sites for hydroxylation is 1. The third-order valence-electron chi connectivity index (χ3n) is 3.88. The summed E-state index contributed by atoms with van der Waals surface area (Å²) in [4.78, 5) is 4.84. The molecule has 3 heteroatoms. The zero-order chi connectivity index (χ0) is 12.6. The van der Waals surface area contributed by atoms with E-state index in [-0.39, 0.29) is 0 Å². The maximum Gasteiger partial charge on any atom is 0.0601 e. The lowest BCUT2D eigenvalue weighted by Gasteiger charge is -2.43. The van der Waals surface area contributed by atoms with Crippen LogP contribution in [0.2, 0.25) is 0 Å². The second kappa shape index (κ2) is 4.57. The molecule has 1 saturated heterocycles. The topological polar surface area (TPSA) is 32.5 Å². The van der Waals surface area contributed by atoms with Crippen molar-refractivity contribution in [2.75, 3.05) is 30.8 Å². The fourth-order valence-corrected chi connectivity index (χ4v) is 2.56. The number of benzene rings is 1. The molecule has 1 aliphatic rings. The fraction of sp³-hybridized carbons (Fsp3) is 0.571. The number of rotatable bonds is 1. The summed E-state index contributed by atoms with van der Waals surface area (Å²) in [5.74, 6) is 0. The van der Waals surface area contributed by atoms with E-state index in [9.17, 15) is 0 Å². The lowest BCUT2D eigenvalue weighted by molar-refractivity contribution is 0.170. The van der Waals surface area contributed by atoms with Gasteiger partial charge in [-0.15, -0.1) is 0 Å². The van der Waals surface area contributed by atoms with Crippen LogP contribution < -0.4 is 10.6 Å². The molecular weight excluding hydrogens is 210 g/mol. The van der Waals surface area contributed by atoms with Gasteiger partial charge in [-0.25, -0.2) is 0 Å². The maximum absolute atomic E-state index is 6.12. The van der Waals surface area contributed by atoms with Crippen LogP contribution in [0.25, 0.3) is 0 Å². The number of nitrogens with zero attached hydrogens (tertiary/aromatic N) is 2. The highest BCUT2D eigenvalue weighted by Gasteiger charge is 2.27. The second-order valence-corrected chi connectivity index (χ2v) is 5.33. The lowest BCUT2D eigenvalue weighted by Crippen LogP contribution is -2.55. The van der Waals surface area contributed by atoms with Gasteiger partial charge in [0.15, 0.2) is 0 Å². The molecule has 0 bridgehead atoms. The van der Waals surface area contributed by atoms with Gasteiger partial charge in [-0.05, 0) is 45.5 Å². The van der Waals surface area contributed by atoms with Gasteiger partial charge in [-0.2, -0.15) is 0 Å². The van der Waals surface area contributed by atoms with Crippen LogP contribution in [-0.2, 0) is 0 Å². The highest BCUT2D eigenvalue weighted by Crippen LogP contribution is 2.27. The minimum atomic E-state index is 0.569. The maximum atomic E-state index is 6.12. The molecule has 2 rings (SSSR count). The first-order valence-corrected chi connectivity index (χ1v) is 6.32. The number of hydrogen-bond acceptors (Lipinski definition) is 3. The summed E-state index contributed by atoms with van der Waals surface area (Å²) in [7, 11) is 2.20. The van der Waals surface area contributed by atoms with Gasteiger partial charge in [0.2, 0.25) is 0 Å². The number of likely N-dealkylation sites (N-methyl/N-ethyl adjacent to an activating group) is 1. The fourth-order valence-electron chi connectivity index (χ4n) is 2.56. The minimum absolute atomic E-state index is 0.569. The summed E-state index contributed by atoms with van der Waals surface area (Å²) in [5.41, 5.74) is 9.43. The Kier molecular flexibility index (Phi) is 3.29. The summed E-state index contributed by atoms with van der Waals surface area (Å²) >= 11 is 0. The van der Waals surface area contributed by atoms with E-state index >= 15 is 0 Å². The number of nitrogen functional groups attached to an aromatic ring is 1. The van der Waals surface area contributed by atoms with E-state index in [0.29, 0.717) is 12.1 Å². The van der Waals surface area contributed by atoms with Crippen molar-refractivity contribution in [3.8, 4) is 0 Å². The average Bonchev–Trinajstić information content (AvgIpc) is 2.25. The molecule has 1 aromatic rings. The SMILES string of the molecule is Cc1ccc(N2CC(C)N(C)C(C)C2)c(N)c1. The van der Waals surface area contributed by atoms with Crippen molar-refractivity contribution < 1.29 is 0 Å². The van der Waals surface area contributed by atoms with Crippen molar-refractivity contribution in [1.29, 1.82) is 0 Å². The van der Waals surface area contributed by atoms with Crippen molar-refractivity contribution in [2.24, 2.45) is 0 Å². The number of piperazine rings is 1. The molecule has 17 heavy (non-hydrogen) atoms. The normalized spacial score (nSPS) is 26.2. The molecule has 0 saturated carbocycles. The Morgan fingerprint density at radius 1 is 1.18 bits per heavy atom. The summed E-state index contributed by atoms with van der Waals surface area (Å²) in [5, 5.41) is 0. The summed E-state index contributed by atoms with van der Waals surface area (Å²) in [6.45, 7) is 8.72. The van der Waals surface area contributed by atoms with Crippen LogP contribution in [0, 0.1) is 6.92 Å². The lowest BCUT2D eigenvalue weighted by atomic mass is 10.1. The molecule has 2 unspecified atom stereocenters. The van der Waals surface area contributed by atoms with Crippen LogP contribution in [0.4, 0.5) is 11.4 Å². The smallest absolute Gasteiger partial charge is 0.0601 e. The standard InChI is InChI=1S/C14H23N3/c1-10-5-6-14(13(15)7-10)17-8-11(2)16(4)12(3)9-17/h5-7,11-12H,8-9,15H2,1-4H3. The van der Waals surface area contributed by atoms with Crippen LogP contribution in [-0.4, -0.2) is 37.1 Å². The van der Waals surface area contributed by atoms with Gasteiger partial charge in [-0.1, -0.05) is 6.07 Å². The molecular formula is C14H23N3. The molecule has 0 spiro atoms. The number of anilines is 2. The summed E-state index contributed by atoms with van der Waals surface area (Å²) < 4.78 is 0. The zero-order valence-electron chi connectivity index (χ0n) is 11.3. The van der Waals surface area contributed by atoms with E-state index in [0.717, 1.165) is 18.8 Å². The molecule has 0 radical (unpaired) electrons. The second-order valence-electron chi connectivity index (χ2n) is 5.33. The monoisotopic (exact) mass is 233 g/mol. The van der Waals surface area contributed by atoms with Crippen LogP contribution in [0.1, 0.15) is 19.4 Å². The largest absolute Gasteiger partial charge is 0.397 e. The van der Waals surface area contributed by atoms with Crippen molar-refractivity contribution >= 4 is 11.4 Å². The molecule has 1 heterocycles. The Bertz CT molecular complexity index is 390. The van der Waals surface area contributed by atoms with E-state index in [1.807, 2.05) is 0 Å². The van der Waals surface area contributed by atoms with E-state index in [1.54, 1.807) is 0 Å². The summed E-state index contributed by atoms with van der Waals surface area (Å²) in [6, 6.07) is 7.48. The van der Waals surface area contributed by atoms with E-state index in [4.69, 9.17) is 5.73 Å². The molecule has 94 valence electrons. The van der Waals surface area contributed by atoms with Crippen LogP contribution in [0.15, 0.2) is 18.2 Å². The van der Waals surface area contributed by atoms with E-state index < -0.39 is 0 Å². The van der Waals surface area contributed by atoms with Crippen molar-refractivity contribution in [3.63, 3.8) is 0 Å². The average molecular weight is 233 g/mol. The molecule has 2 N–H and O–H groups in total. The molecule has 3 nitrogen and oxygen atoms in total. The van der Waals surface area contributed by atoms with Gasteiger partial charge < -0.3 is 10.6 Å². The first kappa shape index (κ1) is 12.2. The Labute approximate surface area is 104 Å². The molecule has 1 aromatic carbocycles. The Balaban J connectivity index is 2.23. The molecule has 1 aliphatic heterocycles. The quantitative estimate of drug-likeness (QED) is 0.754. The minimum Gasteiger partial charge on any atom is -0.397 e. The Morgan fingerprint density at radius 3 is 2.29 bits per heavy atom. The first-order valence-electron chi connectivity index (χ1n) is 6.32. The molecule has 2 atom stereocenters. The zero-order valence-corrected chi connectivity index (χ0v) is 11.3. The van der Waals surface area contributed by atoms with Gasteiger partial charge in [-0.3, -0.25) is 4.90 Å². The third-order valence-corrected chi connectivity index (χ3v) is 3.88. The van der Waals surface area contributed by atoms with Crippen LogP contribution in [0.5, 0.6) is 0 Å². The molecule has 1 fully saturated rings. The third kappa shape index (κ3) is 2.39. The van der Waals surface area contributed by atoms with Gasteiger partial charge >= 0.3 is 0 Å². The molecule has 0 aliphatic carbocycles. The van der Waals surface area contributed by atoms with Crippen LogP contribution >= 0.6 is 0 Å². The highest BCUT2D eigenvalue weighted by molar-refractivity contribution is 5.68. The highest BCUT2D eigenvalue weighted by atomic mass is 15.3. The van der Waals surface area contributed by atoms with Crippen LogP contribution in [0.3, 0.4) is 0 Å². The van der Waals surface area contributed by atoms with Gasteiger partial charge in [0.1, 0.15) is 0 Å². The number of hydrogen-bond donors (Lipinski definition) is 1. The predicted molar refractivity (Wildman–Crippen MR) is 74.5 cm³/mol. The first-order chi connectivity index (χ1) is 7.99. The molecule has 0 aromatic heterocycles.